The Labute approximate surface area is 145 Å². The van der Waals surface area contributed by atoms with Crippen molar-refractivity contribution in [3.8, 4) is 11.8 Å². The molecule has 0 spiro atoms. The summed E-state index contributed by atoms with van der Waals surface area (Å²) < 4.78 is 5.58. The maximum absolute atomic E-state index is 12.8. The minimum Gasteiger partial charge on any atom is -0.489 e. The molecular weight excluding hydrogens is 312 g/mol. The van der Waals surface area contributed by atoms with Crippen molar-refractivity contribution >= 4 is 22.8 Å². The van der Waals surface area contributed by atoms with Gasteiger partial charge in [-0.2, -0.15) is 5.26 Å². The van der Waals surface area contributed by atoms with E-state index < -0.39 is 0 Å². The van der Waals surface area contributed by atoms with Gasteiger partial charge in [0.1, 0.15) is 24.0 Å². The molecule has 1 N–H and O–H groups in total. The Morgan fingerprint density at radius 1 is 1.20 bits per heavy atom. The van der Waals surface area contributed by atoms with Gasteiger partial charge in [-0.05, 0) is 18.2 Å². The maximum Gasteiger partial charge on any atom is 0.205 e. The van der Waals surface area contributed by atoms with E-state index in [-0.39, 0.29) is 11.4 Å². The van der Waals surface area contributed by atoms with Gasteiger partial charge in [0.15, 0.2) is 0 Å². The number of carbonyl (C=O) groups excluding carboxylic acids is 1. The Balaban J connectivity index is 2.00. The molecule has 1 aromatic heterocycles. The molecule has 0 unspecified atom stereocenters. The van der Waals surface area contributed by atoms with E-state index in [4.69, 9.17) is 4.74 Å². The molecule has 25 heavy (non-hydrogen) atoms. The number of nitrogens with one attached hydrogen (secondary N) is 1. The van der Waals surface area contributed by atoms with Crippen LogP contribution >= 0.6 is 0 Å². The molecule has 0 aliphatic carbocycles. The molecule has 0 aliphatic rings. The Kier molecular flexibility index (Phi) is 4.77. The van der Waals surface area contributed by atoms with Crippen molar-refractivity contribution in [2.45, 2.75) is 0 Å². The highest BCUT2D eigenvalue weighted by atomic mass is 16.5. The van der Waals surface area contributed by atoms with Crippen LogP contribution in [0.15, 0.2) is 73.0 Å². The molecule has 0 atom stereocenters. The van der Waals surface area contributed by atoms with Crippen LogP contribution in [0.1, 0.15) is 15.9 Å². The molecule has 0 amide bonds. The van der Waals surface area contributed by atoms with E-state index in [1.54, 1.807) is 30.5 Å². The monoisotopic (exact) mass is 328 g/mol. The highest BCUT2D eigenvalue weighted by Gasteiger charge is 2.17. The predicted molar refractivity (Wildman–Crippen MR) is 98.4 cm³/mol. The molecule has 0 saturated heterocycles. The summed E-state index contributed by atoms with van der Waals surface area (Å²) in [6, 6.07) is 16.8. The number of ketones is 1. The molecule has 122 valence electrons. The zero-order chi connectivity index (χ0) is 17.6. The van der Waals surface area contributed by atoms with Crippen LogP contribution in [0.25, 0.3) is 17.0 Å². The van der Waals surface area contributed by atoms with Crippen LogP contribution in [-0.4, -0.2) is 17.4 Å². The van der Waals surface area contributed by atoms with Gasteiger partial charge in [0.2, 0.25) is 5.78 Å². The van der Waals surface area contributed by atoms with Gasteiger partial charge in [0.05, 0.1) is 0 Å². The fourth-order valence-corrected chi connectivity index (χ4v) is 2.59. The summed E-state index contributed by atoms with van der Waals surface area (Å²) in [5, 5.41) is 10.3. The van der Waals surface area contributed by atoms with Crippen LogP contribution in [-0.2, 0) is 0 Å². The molecule has 0 fully saturated rings. The number of aromatic amines is 1. The van der Waals surface area contributed by atoms with Crippen molar-refractivity contribution in [1.82, 2.24) is 4.98 Å². The predicted octanol–water partition coefficient (Wildman–Crippen LogP) is 4.52. The quantitative estimate of drug-likeness (QED) is 0.313. The summed E-state index contributed by atoms with van der Waals surface area (Å²) in [5.41, 5.74) is 2.07. The number of para-hydroxylation sites is 2. The van der Waals surface area contributed by atoms with Gasteiger partial charge < -0.3 is 9.72 Å². The Hall–Kier alpha value is -3.58. The summed E-state index contributed by atoms with van der Waals surface area (Å²) in [6.07, 6.45) is 4.84. The van der Waals surface area contributed by atoms with Gasteiger partial charge in [-0.25, -0.2) is 0 Å². The number of hydrogen-bond acceptors (Lipinski definition) is 3. The van der Waals surface area contributed by atoms with E-state index in [2.05, 4.69) is 11.6 Å². The molecule has 4 nitrogen and oxygen atoms in total. The topological polar surface area (TPSA) is 65.9 Å². The fourth-order valence-electron chi connectivity index (χ4n) is 2.59. The second-order valence-electron chi connectivity index (χ2n) is 5.38. The minimum atomic E-state index is -0.321. The summed E-state index contributed by atoms with van der Waals surface area (Å²) in [7, 11) is 0. The lowest BCUT2D eigenvalue weighted by atomic mass is 10.0. The second kappa shape index (κ2) is 7.33. The Morgan fingerprint density at radius 2 is 1.96 bits per heavy atom. The first-order valence-electron chi connectivity index (χ1n) is 7.80. The van der Waals surface area contributed by atoms with E-state index >= 15 is 0 Å². The SMILES string of the molecule is C=CCOc1ccccc1/C=C(\C#N)C(=O)c1c[nH]c2ccccc12. The maximum atomic E-state index is 12.8. The molecule has 0 radical (unpaired) electrons. The molecule has 3 aromatic rings. The number of rotatable bonds is 6. The van der Waals surface area contributed by atoms with Gasteiger partial charge in [0.25, 0.3) is 0 Å². The van der Waals surface area contributed by atoms with Crippen LogP contribution in [0.3, 0.4) is 0 Å². The van der Waals surface area contributed by atoms with Crippen LogP contribution in [0.5, 0.6) is 5.75 Å². The van der Waals surface area contributed by atoms with Gasteiger partial charge in [-0.1, -0.05) is 49.1 Å². The summed E-state index contributed by atoms with van der Waals surface area (Å²) in [5.74, 6) is 0.278. The number of fused-ring (bicyclic) bond motifs is 1. The first-order valence-corrected chi connectivity index (χ1v) is 7.80. The van der Waals surface area contributed by atoms with Gasteiger partial charge in [-0.3, -0.25) is 4.79 Å². The lowest BCUT2D eigenvalue weighted by Crippen LogP contribution is -2.02. The van der Waals surface area contributed by atoms with Crippen molar-refractivity contribution in [3.63, 3.8) is 0 Å². The van der Waals surface area contributed by atoms with E-state index in [9.17, 15) is 10.1 Å². The van der Waals surface area contributed by atoms with Crippen molar-refractivity contribution in [1.29, 1.82) is 5.26 Å². The normalized spacial score (nSPS) is 11.1. The van der Waals surface area contributed by atoms with E-state index in [1.807, 2.05) is 42.5 Å². The number of aromatic nitrogens is 1. The zero-order valence-electron chi connectivity index (χ0n) is 13.5. The Bertz CT molecular complexity index is 1010. The first kappa shape index (κ1) is 16.3. The third kappa shape index (κ3) is 3.36. The van der Waals surface area contributed by atoms with E-state index in [1.165, 1.54) is 0 Å². The van der Waals surface area contributed by atoms with Gasteiger partial charge >= 0.3 is 0 Å². The standard InChI is InChI=1S/C21H16N2O2/c1-2-11-25-20-10-6-3-7-15(20)12-16(13-22)21(24)18-14-23-19-9-5-4-8-17(18)19/h2-10,12,14,23H,1,11H2/b16-12+. The van der Waals surface area contributed by atoms with Crippen LogP contribution in [0.4, 0.5) is 0 Å². The number of carbonyl (C=O) groups is 1. The molecule has 0 saturated carbocycles. The highest BCUT2D eigenvalue weighted by Crippen LogP contribution is 2.24. The van der Waals surface area contributed by atoms with Crippen molar-refractivity contribution in [2.75, 3.05) is 6.61 Å². The van der Waals surface area contributed by atoms with Gasteiger partial charge in [0, 0.05) is 28.2 Å². The number of Topliss-reactive ketones (excluding diaryl/α,β-unsaturated/α-hetero) is 1. The van der Waals surface area contributed by atoms with Crippen molar-refractivity contribution < 1.29 is 9.53 Å². The molecule has 1 heterocycles. The number of hydrogen-bond donors (Lipinski definition) is 1. The number of benzene rings is 2. The van der Waals surface area contributed by atoms with Crippen LogP contribution < -0.4 is 4.74 Å². The first-order chi connectivity index (χ1) is 12.2. The number of nitriles is 1. The number of allylic oxidation sites excluding steroid dienone is 1. The summed E-state index contributed by atoms with van der Waals surface area (Å²) >= 11 is 0. The lowest BCUT2D eigenvalue weighted by Gasteiger charge is -2.07. The smallest absolute Gasteiger partial charge is 0.205 e. The molecule has 3 rings (SSSR count). The molecule has 4 heteroatoms. The van der Waals surface area contributed by atoms with E-state index in [0.717, 1.165) is 10.9 Å². The third-order valence-corrected chi connectivity index (χ3v) is 3.77. The summed E-state index contributed by atoms with van der Waals surface area (Å²) in [6.45, 7) is 3.97. The fraction of sp³-hybridized carbons (Fsp3) is 0.0476. The zero-order valence-corrected chi connectivity index (χ0v) is 13.5. The second-order valence-corrected chi connectivity index (χ2v) is 5.38. The minimum absolute atomic E-state index is 0.0550. The third-order valence-electron chi connectivity index (χ3n) is 3.77. The largest absolute Gasteiger partial charge is 0.489 e. The van der Waals surface area contributed by atoms with Crippen molar-refractivity contribution in [2.24, 2.45) is 0 Å². The lowest BCUT2D eigenvalue weighted by molar-refractivity contribution is 0.104. The average molecular weight is 328 g/mol. The summed E-state index contributed by atoms with van der Waals surface area (Å²) in [4.78, 5) is 15.9. The molecule has 0 aliphatic heterocycles. The Morgan fingerprint density at radius 3 is 2.76 bits per heavy atom. The van der Waals surface area contributed by atoms with Crippen molar-refractivity contribution in [3.05, 3.63) is 84.1 Å². The molecule has 2 aromatic carbocycles. The van der Waals surface area contributed by atoms with Gasteiger partial charge in [-0.15, -0.1) is 0 Å². The number of ether oxygens (including phenoxy) is 1. The highest BCUT2D eigenvalue weighted by molar-refractivity contribution is 6.19. The molecular formula is C21H16N2O2. The average Bonchev–Trinajstić information content (AvgIpc) is 3.08. The number of nitrogens with zero attached hydrogens (tertiary/aromatic N) is 1. The molecule has 0 bridgehead atoms. The van der Waals surface area contributed by atoms with E-state index in [0.29, 0.717) is 23.5 Å². The van der Waals surface area contributed by atoms with Crippen LogP contribution in [0.2, 0.25) is 0 Å². The number of H-pyrrole nitrogens is 1. The van der Waals surface area contributed by atoms with Crippen LogP contribution in [0, 0.1) is 11.3 Å².